The van der Waals surface area contributed by atoms with Gasteiger partial charge in [-0.1, -0.05) is 0 Å². The summed E-state index contributed by atoms with van der Waals surface area (Å²) in [6.07, 6.45) is 6.37. The molecule has 0 bridgehead atoms. The predicted molar refractivity (Wildman–Crippen MR) is 44.0 cm³/mol. The topological polar surface area (TPSA) is 12.0 Å². The SMILES string of the molecule is CN[C@@H]1CC[C@@H](SC)C1. The fourth-order valence-electron chi connectivity index (χ4n) is 1.42. The third-order valence-electron chi connectivity index (χ3n) is 2.13. The molecule has 0 aromatic heterocycles. The van der Waals surface area contributed by atoms with Crippen molar-refractivity contribution in [1.29, 1.82) is 0 Å². The molecule has 0 aliphatic heterocycles. The number of hydrogen-bond donors (Lipinski definition) is 1. The Kier molecular flexibility index (Phi) is 2.86. The van der Waals surface area contributed by atoms with Gasteiger partial charge in [0.15, 0.2) is 0 Å². The van der Waals surface area contributed by atoms with E-state index in [9.17, 15) is 0 Å². The second-order valence-corrected chi connectivity index (χ2v) is 3.79. The van der Waals surface area contributed by atoms with Crippen molar-refractivity contribution >= 4 is 11.8 Å². The van der Waals surface area contributed by atoms with Gasteiger partial charge in [0.05, 0.1) is 0 Å². The zero-order chi connectivity index (χ0) is 6.69. The summed E-state index contributed by atoms with van der Waals surface area (Å²) in [5, 5.41) is 4.25. The van der Waals surface area contributed by atoms with Gasteiger partial charge in [-0.05, 0) is 32.6 Å². The second kappa shape index (κ2) is 3.47. The van der Waals surface area contributed by atoms with E-state index < -0.39 is 0 Å². The van der Waals surface area contributed by atoms with Gasteiger partial charge in [-0.2, -0.15) is 11.8 Å². The van der Waals surface area contributed by atoms with Gasteiger partial charge in [-0.25, -0.2) is 0 Å². The number of hydrogen-bond acceptors (Lipinski definition) is 2. The first-order chi connectivity index (χ1) is 4.36. The Morgan fingerprint density at radius 2 is 2.22 bits per heavy atom. The standard InChI is InChI=1S/C7H15NS/c1-8-6-3-4-7(5-6)9-2/h6-8H,3-5H2,1-2H3/t6-,7-/m1/s1. The molecule has 1 aliphatic rings. The minimum absolute atomic E-state index is 0.808. The number of thioether (sulfide) groups is 1. The Morgan fingerprint density at radius 3 is 2.56 bits per heavy atom. The molecule has 1 fully saturated rings. The summed E-state index contributed by atoms with van der Waals surface area (Å²) < 4.78 is 0. The van der Waals surface area contributed by atoms with Crippen LogP contribution < -0.4 is 5.32 Å². The lowest BCUT2D eigenvalue weighted by Gasteiger charge is -2.06. The lowest BCUT2D eigenvalue weighted by Crippen LogP contribution is -2.21. The maximum Gasteiger partial charge on any atom is 0.00749 e. The van der Waals surface area contributed by atoms with Crippen LogP contribution in [-0.2, 0) is 0 Å². The van der Waals surface area contributed by atoms with Gasteiger partial charge >= 0.3 is 0 Å². The molecule has 1 saturated carbocycles. The van der Waals surface area contributed by atoms with Crippen molar-refractivity contribution in [3.8, 4) is 0 Å². The molecule has 0 spiro atoms. The Balaban J connectivity index is 2.20. The summed E-state index contributed by atoms with van der Waals surface area (Å²) in [7, 11) is 2.06. The summed E-state index contributed by atoms with van der Waals surface area (Å²) in [4.78, 5) is 0. The molecule has 9 heavy (non-hydrogen) atoms. The molecule has 1 aliphatic carbocycles. The van der Waals surface area contributed by atoms with Crippen LogP contribution in [-0.4, -0.2) is 24.6 Å². The molecular weight excluding hydrogens is 130 g/mol. The largest absolute Gasteiger partial charge is 0.317 e. The highest BCUT2D eigenvalue weighted by Crippen LogP contribution is 2.27. The van der Waals surface area contributed by atoms with Crippen LogP contribution in [0.25, 0.3) is 0 Å². The maximum atomic E-state index is 3.31. The quantitative estimate of drug-likeness (QED) is 0.632. The summed E-state index contributed by atoms with van der Waals surface area (Å²) >= 11 is 2.01. The van der Waals surface area contributed by atoms with Crippen LogP contribution in [0.5, 0.6) is 0 Å². The zero-order valence-corrected chi connectivity index (χ0v) is 7.00. The van der Waals surface area contributed by atoms with Gasteiger partial charge in [-0.15, -0.1) is 0 Å². The van der Waals surface area contributed by atoms with Gasteiger partial charge in [0, 0.05) is 11.3 Å². The highest BCUT2D eigenvalue weighted by atomic mass is 32.2. The molecule has 0 amide bonds. The van der Waals surface area contributed by atoms with E-state index in [1.54, 1.807) is 0 Å². The molecule has 0 aromatic rings. The molecule has 0 aromatic carbocycles. The molecule has 1 N–H and O–H groups in total. The molecule has 1 rings (SSSR count). The minimum Gasteiger partial charge on any atom is -0.317 e. The average molecular weight is 145 g/mol. The molecule has 2 atom stereocenters. The lowest BCUT2D eigenvalue weighted by atomic mass is 10.3. The van der Waals surface area contributed by atoms with Crippen LogP contribution in [0.15, 0.2) is 0 Å². The minimum atomic E-state index is 0.808. The molecular formula is C7H15NS. The first-order valence-electron chi connectivity index (χ1n) is 3.57. The van der Waals surface area contributed by atoms with Crippen molar-refractivity contribution in [2.45, 2.75) is 30.6 Å². The Bertz CT molecular complexity index is 75.0. The molecule has 0 heterocycles. The average Bonchev–Trinajstić information content (AvgIpc) is 2.34. The summed E-state index contributed by atoms with van der Waals surface area (Å²) in [5.74, 6) is 0. The van der Waals surface area contributed by atoms with Crippen LogP contribution in [0, 0.1) is 0 Å². The normalized spacial score (nSPS) is 35.3. The Hall–Kier alpha value is 0.310. The van der Waals surface area contributed by atoms with Crippen LogP contribution in [0.2, 0.25) is 0 Å². The number of nitrogens with one attached hydrogen (secondary N) is 1. The lowest BCUT2D eigenvalue weighted by molar-refractivity contribution is 0.583. The molecule has 0 saturated heterocycles. The molecule has 54 valence electrons. The Labute approximate surface area is 61.6 Å². The number of rotatable bonds is 2. The molecule has 2 heteroatoms. The van der Waals surface area contributed by atoms with E-state index in [0.29, 0.717) is 0 Å². The summed E-state index contributed by atoms with van der Waals surface area (Å²) in [6.45, 7) is 0. The third kappa shape index (κ3) is 1.87. The van der Waals surface area contributed by atoms with Crippen molar-refractivity contribution in [2.24, 2.45) is 0 Å². The van der Waals surface area contributed by atoms with Crippen LogP contribution in [0.4, 0.5) is 0 Å². The van der Waals surface area contributed by atoms with Gasteiger partial charge in [0.25, 0.3) is 0 Å². The van der Waals surface area contributed by atoms with Crippen LogP contribution in [0.3, 0.4) is 0 Å². The molecule has 0 radical (unpaired) electrons. The molecule has 1 nitrogen and oxygen atoms in total. The van der Waals surface area contributed by atoms with E-state index in [-0.39, 0.29) is 0 Å². The monoisotopic (exact) mass is 145 g/mol. The van der Waals surface area contributed by atoms with E-state index in [0.717, 1.165) is 11.3 Å². The van der Waals surface area contributed by atoms with Crippen molar-refractivity contribution in [2.75, 3.05) is 13.3 Å². The Morgan fingerprint density at radius 1 is 1.44 bits per heavy atom. The van der Waals surface area contributed by atoms with Crippen LogP contribution in [0.1, 0.15) is 19.3 Å². The van der Waals surface area contributed by atoms with Crippen molar-refractivity contribution < 1.29 is 0 Å². The summed E-state index contributed by atoms with van der Waals surface area (Å²) in [6, 6.07) is 0.808. The van der Waals surface area contributed by atoms with Crippen LogP contribution >= 0.6 is 11.8 Å². The van der Waals surface area contributed by atoms with E-state index in [2.05, 4.69) is 18.6 Å². The van der Waals surface area contributed by atoms with Crippen molar-refractivity contribution in [1.82, 2.24) is 5.32 Å². The highest BCUT2D eigenvalue weighted by molar-refractivity contribution is 7.99. The van der Waals surface area contributed by atoms with Crippen molar-refractivity contribution in [3.63, 3.8) is 0 Å². The van der Waals surface area contributed by atoms with Gasteiger partial charge < -0.3 is 5.32 Å². The maximum absolute atomic E-state index is 3.31. The zero-order valence-electron chi connectivity index (χ0n) is 6.18. The first-order valence-corrected chi connectivity index (χ1v) is 4.85. The van der Waals surface area contributed by atoms with E-state index >= 15 is 0 Å². The predicted octanol–water partition coefficient (Wildman–Crippen LogP) is 1.49. The van der Waals surface area contributed by atoms with Gasteiger partial charge in [0.2, 0.25) is 0 Å². The van der Waals surface area contributed by atoms with E-state index in [4.69, 9.17) is 0 Å². The fraction of sp³-hybridized carbons (Fsp3) is 1.00. The smallest absolute Gasteiger partial charge is 0.00749 e. The molecule has 0 unspecified atom stereocenters. The highest BCUT2D eigenvalue weighted by Gasteiger charge is 2.21. The van der Waals surface area contributed by atoms with E-state index in [1.165, 1.54) is 19.3 Å². The summed E-state index contributed by atoms with van der Waals surface area (Å²) in [5.41, 5.74) is 0. The second-order valence-electron chi connectivity index (χ2n) is 2.66. The fourth-order valence-corrected chi connectivity index (χ4v) is 2.21. The van der Waals surface area contributed by atoms with Gasteiger partial charge in [0.1, 0.15) is 0 Å². The third-order valence-corrected chi connectivity index (χ3v) is 3.22. The van der Waals surface area contributed by atoms with Gasteiger partial charge in [-0.3, -0.25) is 0 Å². The van der Waals surface area contributed by atoms with Crippen molar-refractivity contribution in [3.05, 3.63) is 0 Å². The first kappa shape index (κ1) is 7.42. The van der Waals surface area contributed by atoms with E-state index in [1.807, 2.05) is 11.8 Å².